The normalized spacial score (nSPS) is 15.8. The number of anilines is 1. The molecule has 196 valence electrons. The van der Waals surface area contributed by atoms with E-state index in [-0.39, 0.29) is 18.7 Å². The maximum atomic E-state index is 13.5. The standard InChI is InChI=1S/C31H45NO3Si/c1-8-9-11-18-27-21-30(35-36(23(2)3,24(4)5)25(6)7)28-19-14-15-20-29(28)32(27)31(33)34-22-26-16-12-10-13-17-26/h10,12-17,19-21,23-25,27H,8-9,11,18,22H2,1-7H3. The molecular weight excluding hydrogens is 462 g/mol. The fraction of sp³-hybridized carbons (Fsp3) is 0.516. The Morgan fingerprint density at radius 1 is 0.889 bits per heavy atom. The van der Waals surface area contributed by atoms with Gasteiger partial charge in [0.1, 0.15) is 12.4 Å². The van der Waals surface area contributed by atoms with Crippen LogP contribution in [0.5, 0.6) is 0 Å². The highest BCUT2D eigenvalue weighted by Gasteiger charge is 2.48. The minimum Gasteiger partial charge on any atom is -0.542 e. The Bertz CT molecular complexity index is 994. The first-order chi connectivity index (χ1) is 17.2. The topological polar surface area (TPSA) is 38.8 Å². The summed E-state index contributed by atoms with van der Waals surface area (Å²) in [6.45, 7) is 16.3. The summed E-state index contributed by atoms with van der Waals surface area (Å²) in [6.07, 6.45) is 6.11. The summed E-state index contributed by atoms with van der Waals surface area (Å²) in [7, 11) is -2.16. The van der Waals surface area contributed by atoms with Gasteiger partial charge in [0.25, 0.3) is 8.32 Å². The lowest BCUT2D eigenvalue weighted by atomic mass is 9.98. The third kappa shape index (κ3) is 6.05. The summed E-state index contributed by atoms with van der Waals surface area (Å²) in [4.78, 5) is 15.4. The lowest BCUT2D eigenvalue weighted by Crippen LogP contribution is -2.48. The Morgan fingerprint density at radius 3 is 2.11 bits per heavy atom. The first-order valence-electron chi connectivity index (χ1n) is 13.7. The molecule has 0 spiro atoms. The molecular formula is C31H45NO3Si. The smallest absolute Gasteiger partial charge is 0.415 e. The quantitative estimate of drug-likeness (QED) is 0.225. The van der Waals surface area contributed by atoms with Crippen LogP contribution in [0.3, 0.4) is 0 Å². The molecule has 1 amide bonds. The number of unbranched alkanes of at least 4 members (excludes halogenated alkanes) is 2. The van der Waals surface area contributed by atoms with E-state index in [0.29, 0.717) is 16.6 Å². The number of carbonyl (C=O) groups is 1. The molecule has 0 aromatic heterocycles. The van der Waals surface area contributed by atoms with E-state index >= 15 is 0 Å². The number of fused-ring (bicyclic) bond motifs is 1. The molecule has 0 saturated carbocycles. The Morgan fingerprint density at radius 2 is 1.50 bits per heavy atom. The van der Waals surface area contributed by atoms with Gasteiger partial charge in [-0.1, -0.05) is 110 Å². The van der Waals surface area contributed by atoms with Gasteiger partial charge in [-0.15, -0.1) is 0 Å². The third-order valence-corrected chi connectivity index (χ3v) is 13.6. The van der Waals surface area contributed by atoms with E-state index in [1.807, 2.05) is 53.4 Å². The first-order valence-corrected chi connectivity index (χ1v) is 15.9. The summed E-state index contributed by atoms with van der Waals surface area (Å²) >= 11 is 0. The number of benzene rings is 2. The van der Waals surface area contributed by atoms with Crippen molar-refractivity contribution in [2.75, 3.05) is 4.90 Å². The number of nitrogens with zero attached hydrogens (tertiary/aromatic N) is 1. The molecule has 36 heavy (non-hydrogen) atoms. The summed E-state index contributed by atoms with van der Waals surface area (Å²) in [6, 6.07) is 17.9. The molecule has 1 heterocycles. The number of hydrogen-bond acceptors (Lipinski definition) is 3. The Kier molecular flexibility index (Phi) is 9.83. The number of carbonyl (C=O) groups excluding carboxylic acids is 1. The molecule has 2 aromatic rings. The molecule has 0 fully saturated rings. The van der Waals surface area contributed by atoms with E-state index < -0.39 is 8.32 Å². The van der Waals surface area contributed by atoms with Gasteiger partial charge in [-0.05, 0) is 46.8 Å². The molecule has 0 aliphatic carbocycles. The molecule has 1 aliphatic rings. The van der Waals surface area contributed by atoms with Crippen LogP contribution < -0.4 is 4.90 Å². The van der Waals surface area contributed by atoms with Crippen molar-refractivity contribution < 1.29 is 14.0 Å². The number of ether oxygens (including phenoxy) is 1. The zero-order valence-electron chi connectivity index (χ0n) is 23.3. The Labute approximate surface area is 219 Å². The average Bonchev–Trinajstić information content (AvgIpc) is 2.85. The predicted octanol–water partition coefficient (Wildman–Crippen LogP) is 9.33. The predicted molar refractivity (Wildman–Crippen MR) is 154 cm³/mol. The van der Waals surface area contributed by atoms with Gasteiger partial charge in [-0.2, -0.15) is 0 Å². The van der Waals surface area contributed by atoms with Crippen LogP contribution in [0.25, 0.3) is 5.76 Å². The minimum atomic E-state index is -2.16. The van der Waals surface area contributed by atoms with Crippen molar-refractivity contribution >= 4 is 25.9 Å². The number of hydrogen-bond donors (Lipinski definition) is 0. The molecule has 2 aromatic carbocycles. The van der Waals surface area contributed by atoms with Gasteiger partial charge in [-0.25, -0.2) is 4.79 Å². The zero-order valence-corrected chi connectivity index (χ0v) is 24.3. The number of amides is 1. The lowest BCUT2D eigenvalue weighted by Gasteiger charge is -2.45. The van der Waals surface area contributed by atoms with E-state index in [1.165, 1.54) is 0 Å². The van der Waals surface area contributed by atoms with Gasteiger partial charge >= 0.3 is 6.09 Å². The van der Waals surface area contributed by atoms with Gasteiger partial charge in [-0.3, -0.25) is 4.90 Å². The summed E-state index contributed by atoms with van der Waals surface area (Å²) < 4.78 is 13.0. The molecule has 1 aliphatic heterocycles. The Balaban J connectivity index is 2.00. The second kappa shape index (κ2) is 12.6. The summed E-state index contributed by atoms with van der Waals surface area (Å²) in [5.74, 6) is 0.946. The molecule has 0 radical (unpaired) electrons. The summed E-state index contributed by atoms with van der Waals surface area (Å²) in [5, 5.41) is 0. The monoisotopic (exact) mass is 507 g/mol. The van der Waals surface area contributed by atoms with Gasteiger partial charge < -0.3 is 9.16 Å². The van der Waals surface area contributed by atoms with Crippen LogP contribution in [0.2, 0.25) is 16.6 Å². The van der Waals surface area contributed by atoms with Crippen LogP contribution in [0.4, 0.5) is 10.5 Å². The second-order valence-electron chi connectivity index (χ2n) is 10.9. The van der Waals surface area contributed by atoms with Gasteiger partial charge in [0, 0.05) is 5.56 Å². The van der Waals surface area contributed by atoms with Gasteiger partial charge in [0.05, 0.1) is 11.7 Å². The van der Waals surface area contributed by atoms with Crippen molar-refractivity contribution in [3.63, 3.8) is 0 Å². The van der Waals surface area contributed by atoms with Crippen molar-refractivity contribution in [3.05, 3.63) is 71.8 Å². The van der Waals surface area contributed by atoms with E-state index in [2.05, 4.69) is 60.6 Å². The third-order valence-electron chi connectivity index (χ3n) is 7.60. The highest BCUT2D eigenvalue weighted by atomic mass is 28.4. The van der Waals surface area contributed by atoms with Crippen LogP contribution in [0.1, 0.15) is 85.3 Å². The molecule has 1 unspecified atom stereocenters. The van der Waals surface area contributed by atoms with Crippen molar-refractivity contribution in [2.24, 2.45) is 0 Å². The van der Waals surface area contributed by atoms with Crippen molar-refractivity contribution in [1.82, 2.24) is 0 Å². The van der Waals surface area contributed by atoms with E-state index in [0.717, 1.165) is 48.3 Å². The van der Waals surface area contributed by atoms with E-state index in [1.54, 1.807) is 0 Å². The highest BCUT2D eigenvalue weighted by Crippen LogP contribution is 2.47. The van der Waals surface area contributed by atoms with Crippen molar-refractivity contribution in [1.29, 1.82) is 0 Å². The highest BCUT2D eigenvalue weighted by molar-refractivity contribution is 6.78. The maximum absolute atomic E-state index is 13.5. The van der Waals surface area contributed by atoms with Crippen LogP contribution in [0, 0.1) is 0 Å². The largest absolute Gasteiger partial charge is 0.542 e. The van der Waals surface area contributed by atoms with E-state index in [4.69, 9.17) is 9.16 Å². The Hall–Kier alpha value is -2.53. The molecule has 3 rings (SSSR count). The first kappa shape index (κ1) is 28.0. The molecule has 1 atom stereocenters. The fourth-order valence-electron chi connectivity index (χ4n) is 5.88. The molecule has 0 saturated heterocycles. The van der Waals surface area contributed by atoms with Crippen molar-refractivity contribution in [2.45, 2.75) is 103 Å². The fourth-order valence-corrected chi connectivity index (χ4v) is 11.1. The molecule has 0 bridgehead atoms. The SMILES string of the molecule is CCCCCC1C=C(O[Si](C(C)C)(C(C)C)C(C)C)c2ccccc2N1C(=O)OCc1ccccc1. The molecule has 4 nitrogen and oxygen atoms in total. The molecule has 5 heteroatoms. The molecule has 0 N–H and O–H groups in total. The van der Waals surface area contributed by atoms with E-state index in [9.17, 15) is 4.79 Å². The van der Waals surface area contributed by atoms with Crippen LogP contribution in [0.15, 0.2) is 60.7 Å². The average molecular weight is 508 g/mol. The maximum Gasteiger partial charge on any atom is 0.415 e. The van der Waals surface area contributed by atoms with Crippen LogP contribution in [-0.4, -0.2) is 20.5 Å². The summed E-state index contributed by atoms with van der Waals surface area (Å²) in [5.41, 5.74) is 4.27. The van der Waals surface area contributed by atoms with Crippen molar-refractivity contribution in [3.8, 4) is 0 Å². The van der Waals surface area contributed by atoms with Crippen LogP contribution in [-0.2, 0) is 15.8 Å². The van der Waals surface area contributed by atoms with Crippen LogP contribution >= 0.6 is 0 Å². The second-order valence-corrected chi connectivity index (χ2v) is 16.3. The number of para-hydroxylation sites is 1. The number of rotatable bonds is 11. The lowest BCUT2D eigenvalue weighted by molar-refractivity contribution is 0.145. The zero-order chi connectivity index (χ0) is 26.3. The van der Waals surface area contributed by atoms with Gasteiger partial charge in [0.2, 0.25) is 0 Å². The minimum absolute atomic E-state index is 0.0945. The van der Waals surface area contributed by atoms with Gasteiger partial charge in [0.15, 0.2) is 0 Å².